The van der Waals surface area contributed by atoms with Crippen molar-refractivity contribution in [3.8, 4) is 11.3 Å². The van der Waals surface area contributed by atoms with E-state index in [0.717, 1.165) is 30.1 Å². The van der Waals surface area contributed by atoms with E-state index >= 15 is 0 Å². The van der Waals surface area contributed by atoms with E-state index in [2.05, 4.69) is 15.3 Å². The SMILES string of the molecule is CC1(F)CN(c2ncc(C(=O)N[C@H](/C=C/S(C)(=O)=O)C3CC3)nc2-c2ccccc2)C1. The lowest BCUT2D eigenvalue weighted by Crippen LogP contribution is -2.57. The molecule has 4 rings (SSSR count). The molecule has 1 aromatic heterocycles. The molecule has 0 unspecified atom stereocenters. The van der Waals surface area contributed by atoms with Crippen molar-refractivity contribution in [2.24, 2.45) is 5.92 Å². The van der Waals surface area contributed by atoms with Crippen LogP contribution in [0.15, 0.2) is 48.0 Å². The van der Waals surface area contributed by atoms with Crippen molar-refractivity contribution >= 4 is 21.6 Å². The molecule has 0 radical (unpaired) electrons. The molecule has 31 heavy (non-hydrogen) atoms. The van der Waals surface area contributed by atoms with Gasteiger partial charge in [0, 0.05) is 17.2 Å². The first kappa shape index (κ1) is 21.4. The molecular formula is C22H25FN4O3S. The molecule has 2 heterocycles. The average molecular weight is 445 g/mol. The zero-order valence-electron chi connectivity index (χ0n) is 17.5. The predicted octanol–water partition coefficient (Wildman–Crippen LogP) is 2.76. The van der Waals surface area contributed by atoms with Gasteiger partial charge < -0.3 is 10.2 Å². The number of nitrogens with zero attached hydrogens (tertiary/aromatic N) is 3. The molecule has 1 N–H and O–H groups in total. The summed E-state index contributed by atoms with van der Waals surface area (Å²) in [7, 11) is -3.29. The third kappa shape index (κ3) is 5.28. The van der Waals surface area contributed by atoms with Gasteiger partial charge in [0.25, 0.3) is 5.91 Å². The monoisotopic (exact) mass is 444 g/mol. The van der Waals surface area contributed by atoms with Crippen LogP contribution in [0, 0.1) is 5.92 Å². The summed E-state index contributed by atoms with van der Waals surface area (Å²) in [5, 5.41) is 3.99. The van der Waals surface area contributed by atoms with E-state index in [1.807, 2.05) is 30.3 Å². The van der Waals surface area contributed by atoms with Gasteiger partial charge in [0.15, 0.2) is 15.7 Å². The standard InChI is InChI=1S/C22H25FN4O3S/c1-22(23)13-27(14-22)20-19(16-6-4-3-5-7-16)25-18(12-24-20)21(28)26-17(15-8-9-15)10-11-31(2,29)30/h3-7,10-12,15,17H,8-9,13-14H2,1-2H3,(H,26,28)/b11-10+/t17-/m1/s1. The highest BCUT2D eigenvalue weighted by Gasteiger charge is 2.41. The summed E-state index contributed by atoms with van der Waals surface area (Å²) < 4.78 is 37.0. The number of anilines is 1. The first-order chi connectivity index (χ1) is 14.6. The fourth-order valence-electron chi connectivity index (χ4n) is 3.64. The van der Waals surface area contributed by atoms with Crippen LogP contribution in [0.2, 0.25) is 0 Å². The van der Waals surface area contributed by atoms with Crippen LogP contribution in [-0.2, 0) is 9.84 Å². The van der Waals surface area contributed by atoms with Crippen LogP contribution in [0.25, 0.3) is 11.3 Å². The van der Waals surface area contributed by atoms with Crippen LogP contribution >= 0.6 is 0 Å². The minimum absolute atomic E-state index is 0.129. The maximum absolute atomic E-state index is 14.1. The topological polar surface area (TPSA) is 92.3 Å². The Morgan fingerprint density at radius 2 is 1.97 bits per heavy atom. The molecule has 2 aliphatic rings. The summed E-state index contributed by atoms with van der Waals surface area (Å²) in [4.78, 5) is 23.7. The van der Waals surface area contributed by atoms with Crippen LogP contribution in [0.1, 0.15) is 30.3 Å². The third-order valence-corrected chi connectivity index (χ3v) is 5.99. The zero-order valence-corrected chi connectivity index (χ0v) is 18.3. The maximum Gasteiger partial charge on any atom is 0.271 e. The Balaban J connectivity index is 1.61. The lowest BCUT2D eigenvalue weighted by Gasteiger charge is -2.43. The van der Waals surface area contributed by atoms with Crippen LogP contribution in [-0.4, -0.2) is 55.3 Å². The molecule has 0 bridgehead atoms. The Hall–Kier alpha value is -2.81. The highest BCUT2D eigenvalue weighted by atomic mass is 32.2. The van der Waals surface area contributed by atoms with Crippen molar-refractivity contribution in [3.05, 3.63) is 53.7 Å². The molecule has 2 fully saturated rings. The van der Waals surface area contributed by atoms with Gasteiger partial charge in [-0.25, -0.2) is 22.8 Å². The summed E-state index contributed by atoms with van der Waals surface area (Å²) in [6, 6.07) is 8.96. The van der Waals surface area contributed by atoms with Gasteiger partial charge >= 0.3 is 0 Å². The van der Waals surface area contributed by atoms with E-state index in [4.69, 9.17) is 0 Å². The van der Waals surface area contributed by atoms with Crippen LogP contribution < -0.4 is 10.2 Å². The van der Waals surface area contributed by atoms with Gasteiger partial charge in [0.05, 0.1) is 25.3 Å². The maximum atomic E-state index is 14.1. The van der Waals surface area contributed by atoms with Crippen LogP contribution in [0.5, 0.6) is 0 Å². The number of aromatic nitrogens is 2. The molecule has 164 valence electrons. The number of rotatable bonds is 7. The minimum Gasteiger partial charge on any atom is -0.348 e. The largest absolute Gasteiger partial charge is 0.348 e. The molecule has 0 spiro atoms. The van der Waals surface area contributed by atoms with Gasteiger partial charge in [0.1, 0.15) is 17.1 Å². The average Bonchev–Trinajstić information content (AvgIpc) is 3.54. The summed E-state index contributed by atoms with van der Waals surface area (Å²) in [5.41, 5.74) is 0.153. The van der Waals surface area contributed by atoms with Crippen LogP contribution in [0.4, 0.5) is 10.2 Å². The zero-order chi connectivity index (χ0) is 22.2. The molecule has 9 heteroatoms. The number of halogens is 1. The normalized spacial score (nSPS) is 19.1. The van der Waals surface area contributed by atoms with Crippen molar-refractivity contribution in [3.63, 3.8) is 0 Å². The van der Waals surface area contributed by atoms with Crippen molar-refractivity contribution in [2.45, 2.75) is 31.5 Å². The highest BCUT2D eigenvalue weighted by Crippen LogP contribution is 2.35. The Kier molecular flexibility index (Phi) is 5.55. The Morgan fingerprint density at radius 1 is 1.29 bits per heavy atom. The summed E-state index contributed by atoms with van der Waals surface area (Å²) in [6.07, 6.45) is 5.87. The quantitative estimate of drug-likeness (QED) is 0.706. The van der Waals surface area contributed by atoms with Crippen molar-refractivity contribution in [1.82, 2.24) is 15.3 Å². The van der Waals surface area contributed by atoms with Crippen molar-refractivity contribution in [1.29, 1.82) is 0 Å². The molecule has 1 aliphatic carbocycles. The van der Waals surface area contributed by atoms with Gasteiger partial charge in [0.2, 0.25) is 0 Å². The van der Waals surface area contributed by atoms with E-state index in [0.29, 0.717) is 11.5 Å². The van der Waals surface area contributed by atoms with E-state index in [-0.39, 0.29) is 30.7 Å². The fraction of sp³-hybridized carbons (Fsp3) is 0.409. The van der Waals surface area contributed by atoms with Crippen molar-refractivity contribution in [2.75, 3.05) is 24.2 Å². The molecule has 1 saturated carbocycles. The van der Waals surface area contributed by atoms with E-state index in [9.17, 15) is 17.6 Å². The number of nitrogens with one attached hydrogen (secondary N) is 1. The first-order valence-corrected chi connectivity index (χ1v) is 12.1. The second-order valence-electron chi connectivity index (χ2n) is 8.56. The lowest BCUT2D eigenvalue weighted by molar-refractivity contribution is 0.0935. The molecule has 2 aromatic rings. The third-order valence-electron chi connectivity index (χ3n) is 5.33. The number of sulfone groups is 1. The van der Waals surface area contributed by atoms with E-state index < -0.39 is 21.4 Å². The highest BCUT2D eigenvalue weighted by molar-refractivity contribution is 7.93. The van der Waals surface area contributed by atoms with Gasteiger partial charge in [-0.15, -0.1) is 0 Å². The number of carbonyl (C=O) groups excluding carboxylic acids is 1. The smallest absolute Gasteiger partial charge is 0.271 e. The number of amides is 1. The summed E-state index contributed by atoms with van der Waals surface area (Å²) in [6.45, 7) is 1.98. The Labute approximate surface area is 181 Å². The molecule has 1 aromatic carbocycles. The second-order valence-corrected chi connectivity index (χ2v) is 10.5. The Morgan fingerprint density at radius 3 is 2.55 bits per heavy atom. The number of hydrogen-bond acceptors (Lipinski definition) is 6. The number of hydrogen-bond donors (Lipinski definition) is 1. The molecule has 7 nitrogen and oxygen atoms in total. The van der Waals surface area contributed by atoms with E-state index in [1.165, 1.54) is 12.3 Å². The number of alkyl halides is 1. The summed E-state index contributed by atoms with van der Waals surface area (Å²) in [5.74, 6) is 0.324. The fourth-order valence-corrected chi connectivity index (χ4v) is 4.10. The van der Waals surface area contributed by atoms with Gasteiger partial charge in [-0.3, -0.25) is 4.79 Å². The molecule has 1 atom stereocenters. The number of carbonyl (C=O) groups is 1. The van der Waals surface area contributed by atoms with Gasteiger partial charge in [-0.05, 0) is 25.7 Å². The Bertz CT molecular complexity index is 1110. The predicted molar refractivity (Wildman–Crippen MR) is 117 cm³/mol. The molecule has 1 saturated heterocycles. The minimum atomic E-state index is -3.29. The number of benzene rings is 1. The van der Waals surface area contributed by atoms with E-state index in [1.54, 1.807) is 11.8 Å². The lowest BCUT2D eigenvalue weighted by atomic mass is 9.98. The van der Waals surface area contributed by atoms with Crippen LogP contribution in [0.3, 0.4) is 0 Å². The molecule has 1 aliphatic heterocycles. The summed E-state index contributed by atoms with van der Waals surface area (Å²) >= 11 is 0. The first-order valence-electron chi connectivity index (χ1n) is 10.2. The molecular weight excluding hydrogens is 419 g/mol. The van der Waals surface area contributed by atoms with Crippen molar-refractivity contribution < 1.29 is 17.6 Å². The van der Waals surface area contributed by atoms with Gasteiger partial charge in [-0.2, -0.15) is 0 Å². The van der Waals surface area contributed by atoms with Gasteiger partial charge in [-0.1, -0.05) is 36.4 Å². The second kappa shape index (κ2) is 8.03. The molecule has 1 amide bonds.